The number of hydrogen-bond donors (Lipinski definition) is 1. The predicted octanol–water partition coefficient (Wildman–Crippen LogP) is 2.99. The van der Waals surface area contributed by atoms with Crippen molar-refractivity contribution in [2.24, 2.45) is 0 Å². The van der Waals surface area contributed by atoms with Crippen LogP contribution in [-0.2, 0) is 22.6 Å². The molecule has 2 aromatic carbocycles. The van der Waals surface area contributed by atoms with E-state index < -0.39 is 6.10 Å². The van der Waals surface area contributed by atoms with Gasteiger partial charge in [0.2, 0.25) is 0 Å². The molecule has 144 valence electrons. The van der Waals surface area contributed by atoms with Crippen molar-refractivity contribution in [1.29, 1.82) is 0 Å². The minimum absolute atomic E-state index is 0.0845. The number of para-hydroxylation sites is 1. The normalized spacial score (nSPS) is 15.9. The van der Waals surface area contributed by atoms with Gasteiger partial charge in [-0.25, -0.2) is 0 Å². The number of nitrogens with zero attached hydrogens (tertiary/aromatic N) is 1. The smallest absolute Gasteiger partial charge is 0.261 e. The van der Waals surface area contributed by atoms with E-state index in [0.29, 0.717) is 18.7 Å². The minimum atomic E-state index is -0.479. The number of hydrogen-bond acceptors (Lipinski definition) is 4. The van der Waals surface area contributed by atoms with Crippen LogP contribution in [0.2, 0.25) is 0 Å². The predicted molar refractivity (Wildman–Crippen MR) is 106 cm³/mol. The first-order valence-electron chi connectivity index (χ1n) is 9.62. The molecule has 0 spiro atoms. The molecule has 0 aromatic heterocycles. The summed E-state index contributed by atoms with van der Waals surface area (Å²) in [5.41, 5.74) is 2.37. The van der Waals surface area contributed by atoms with Crippen LogP contribution < -0.4 is 10.1 Å². The summed E-state index contributed by atoms with van der Waals surface area (Å²) in [6.45, 7) is 6.99. The second kappa shape index (κ2) is 10.1. The van der Waals surface area contributed by atoms with Gasteiger partial charge >= 0.3 is 0 Å². The van der Waals surface area contributed by atoms with Crippen LogP contribution in [0.25, 0.3) is 0 Å². The van der Waals surface area contributed by atoms with Gasteiger partial charge in [0.1, 0.15) is 5.75 Å². The van der Waals surface area contributed by atoms with Crippen LogP contribution in [0.1, 0.15) is 24.5 Å². The number of rotatable bonds is 8. The summed E-state index contributed by atoms with van der Waals surface area (Å²) < 4.78 is 11.2. The molecule has 1 aliphatic rings. The molecular formula is C22H28N2O3. The molecule has 1 heterocycles. The quantitative estimate of drug-likeness (QED) is 0.778. The van der Waals surface area contributed by atoms with Crippen LogP contribution in [0, 0.1) is 0 Å². The van der Waals surface area contributed by atoms with Gasteiger partial charge in [-0.3, -0.25) is 9.69 Å². The molecule has 1 saturated heterocycles. The van der Waals surface area contributed by atoms with Gasteiger partial charge < -0.3 is 14.8 Å². The van der Waals surface area contributed by atoms with Crippen molar-refractivity contribution in [3.63, 3.8) is 0 Å². The van der Waals surface area contributed by atoms with Crippen molar-refractivity contribution in [2.75, 3.05) is 26.3 Å². The van der Waals surface area contributed by atoms with Gasteiger partial charge in [0.15, 0.2) is 6.10 Å². The lowest BCUT2D eigenvalue weighted by molar-refractivity contribution is -0.128. The lowest BCUT2D eigenvalue weighted by atomic mass is 10.1. The molecule has 0 radical (unpaired) electrons. The maximum atomic E-state index is 12.4. The molecule has 0 bridgehead atoms. The third-order valence-corrected chi connectivity index (χ3v) is 4.68. The van der Waals surface area contributed by atoms with Crippen molar-refractivity contribution >= 4 is 5.91 Å². The van der Waals surface area contributed by atoms with Crippen LogP contribution in [0.4, 0.5) is 0 Å². The summed E-state index contributed by atoms with van der Waals surface area (Å²) in [5.74, 6) is 0.630. The number of nitrogens with one attached hydrogen (secondary N) is 1. The molecule has 3 rings (SSSR count). The molecule has 5 heteroatoms. The van der Waals surface area contributed by atoms with Crippen LogP contribution in [0.5, 0.6) is 5.75 Å². The monoisotopic (exact) mass is 368 g/mol. The lowest BCUT2D eigenvalue weighted by Gasteiger charge is -2.26. The summed E-state index contributed by atoms with van der Waals surface area (Å²) in [6.07, 6.45) is 0.146. The van der Waals surface area contributed by atoms with Crippen molar-refractivity contribution in [3.8, 4) is 5.75 Å². The molecule has 2 aromatic rings. The van der Waals surface area contributed by atoms with E-state index >= 15 is 0 Å². The standard InChI is InChI=1S/C22H28N2O3/c1-2-21(27-20-6-4-3-5-7-20)22(25)23-16-18-8-10-19(11-9-18)17-24-12-14-26-15-13-24/h3-11,21H,2,12-17H2,1H3,(H,23,25). The van der Waals surface area contributed by atoms with E-state index in [0.717, 1.165) is 38.4 Å². The Morgan fingerprint density at radius 3 is 2.41 bits per heavy atom. The number of morpholine rings is 1. The van der Waals surface area contributed by atoms with E-state index in [2.05, 4.69) is 34.5 Å². The van der Waals surface area contributed by atoms with Gasteiger partial charge in [-0.2, -0.15) is 0 Å². The third-order valence-electron chi connectivity index (χ3n) is 4.68. The molecule has 0 saturated carbocycles. The van der Waals surface area contributed by atoms with Crippen LogP contribution in [0.15, 0.2) is 54.6 Å². The Kier molecular flexibility index (Phi) is 7.25. The van der Waals surface area contributed by atoms with Gasteiger partial charge in [-0.15, -0.1) is 0 Å². The largest absolute Gasteiger partial charge is 0.481 e. The average Bonchev–Trinajstić information content (AvgIpc) is 2.73. The molecule has 1 fully saturated rings. The molecule has 5 nitrogen and oxygen atoms in total. The Balaban J connectivity index is 1.47. The molecule has 27 heavy (non-hydrogen) atoms. The highest BCUT2D eigenvalue weighted by Crippen LogP contribution is 2.13. The highest BCUT2D eigenvalue weighted by atomic mass is 16.5. The molecule has 1 amide bonds. The Bertz CT molecular complexity index is 697. The Labute approximate surface area is 161 Å². The second-order valence-corrected chi connectivity index (χ2v) is 6.75. The summed E-state index contributed by atoms with van der Waals surface area (Å²) in [5, 5.41) is 2.98. The number of carbonyl (C=O) groups is 1. The number of ether oxygens (including phenoxy) is 2. The van der Waals surface area contributed by atoms with Gasteiger partial charge in [0, 0.05) is 26.2 Å². The first-order chi connectivity index (χ1) is 13.2. The first-order valence-corrected chi connectivity index (χ1v) is 9.62. The Morgan fingerprint density at radius 2 is 1.74 bits per heavy atom. The first kappa shape index (κ1) is 19.4. The molecule has 0 aliphatic carbocycles. The Morgan fingerprint density at radius 1 is 1.07 bits per heavy atom. The van der Waals surface area contributed by atoms with Crippen molar-refractivity contribution < 1.29 is 14.3 Å². The minimum Gasteiger partial charge on any atom is -0.481 e. The van der Waals surface area contributed by atoms with Crippen LogP contribution in [-0.4, -0.2) is 43.2 Å². The zero-order chi connectivity index (χ0) is 18.9. The van der Waals surface area contributed by atoms with E-state index in [1.165, 1.54) is 5.56 Å². The molecule has 1 atom stereocenters. The van der Waals surface area contributed by atoms with Crippen molar-refractivity contribution in [1.82, 2.24) is 10.2 Å². The molecule has 1 unspecified atom stereocenters. The summed E-state index contributed by atoms with van der Waals surface area (Å²) >= 11 is 0. The fourth-order valence-electron chi connectivity index (χ4n) is 3.07. The van der Waals surface area contributed by atoms with Gasteiger partial charge in [-0.05, 0) is 29.7 Å². The number of carbonyl (C=O) groups excluding carboxylic acids is 1. The Hall–Kier alpha value is -2.37. The summed E-state index contributed by atoms with van der Waals surface area (Å²) in [7, 11) is 0. The maximum absolute atomic E-state index is 12.4. The highest BCUT2D eigenvalue weighted by molar-refractivity contribution is 5.81. The van der Waals surface area contributed by atoms with E-state index in [-0.39, 0.29) is 5.91 Å². The fourth-order valence-corrected chi connectivity index (χ4v) is 3.07. The van der Waals surface area contributed by atoms with Gasteiger partial charge in [0.25, 0.3) is 5.91 Å². The van der Waals surface area contributed by atoms with Gasteiger partial charge in [-0.1, -0.05) is 49.4 Å². The zero-order valence-corrected chi connectivity index (χ0v) is 15.9. The topological polar surface area (TPSA) is 50.8 Å². The molecule has 1 aliphatic heterocycles. The number of benzene rings is 2. The van der Waals surface area contributed by atoms with Crippen molar-refractivity contribution in [3.05, 3.63) is 65.7 Å². The fraction of sp³-hybridized carbons (Fsp3) is 0.409. The third kappa shape index (κ3) is 6.08. The van der Waals surface area contributed by atoms with Crippen LogP contribution in [0.3, 0.4) is 0 Å². The van der Waals surface area contributed by atoms with E-state index in [9.17, 15) is 4.79 Å². The molecule has 1 N–H and O–H groups in total. The molecular weight excluding hydrogens is 340 g/mol. The second-order valence-electron chi connectivity index (χ2n) is 6.75. The van der Waals surface area contributed by atoms with E-state index in [4.69, 9.17) is 9.47 Å². The summed E-state index contributed by atoms with van der Waals surface area (Å²) in [4.78, 5) is 14.8. The van der Waals surface area contributed by atoms with Crippen molar-refractivity contribution in [2.45, 2.75) is 32.5 Å². The maximum Gasteiger partial charge on any atom is 0.261 e. The van der Waals surface area contributed by atoms with Gasteiger partial charge in [0.05, 0.1) is 13.2 Å². The van der Waals surface area contributed by atoms with Crippen LogP contribution >= 0.6 is 0 Å². The number of amides is 1. The van der Waals surface area contributed by atoms with E-state index in [1.807, 2.05) is 37.3 Å². The average molecular weight is 368 g/mol. The zero-order valence-electron chi connectivity index (χ0n) is 15.9. The highest BCUT2D eigenvalue weighted by Gasteiger charge is 2.18. The van der Waals surface area contributed by atoms with E-state index in [1.54, 1.807) is 0 Å². The summed E-state index contributed by atoms with van der Waals surface area (Å²) in [6, 6.07) is 17.9. The lowest BCUT2D eigenvalue weighted by Crippen LogP contribution is -2.37. The SMILES string of the molecule is CCC(Oc1ccccc1)C(=O)NCc1ccc(CN2CCOCC2)cc1.